The zero-order valence-electron chi connectivity index (χ0n) is 14.5. The Morgan fingerprint density at radius 3 is 2.69 bits per heavy atom. The van der Waals surface area contributed by atoms with E-state index >= 15 is 0 Å². The number of rotatable bonds is 6. The summed E-state index contributed by atoms with van der Waals surface area (Å²) < 4.78 is 10.9. The van der Waals surface area contributed by atoms with Crippen LogP contribution in [0.25, 0.3) is 0 Å². The number of methoxy groups -OCH3 is 1. The smallest absolute Gasteiger partial charge is 0.316 e. The number of amides is 1. The van der Waals surface area contributed by atoms with Crippen molar-refractivity contribution in [2.45, 2.75) is 18.9 Å². The number of piperidine rings is 1. The highest BCUT2D eigenvalue weighted by molar-refractivity contribution is 6.32. The number of nitrogens with one attached hydrogen (secondary N) is 1. The number of nitrogens with zero attached hydrogens (tertiary/aromatic N) is 3. The molecular formula is C18H21ClN4O3. The van der Waals surface area contributed by atoms with Crippen LogP contribution in [0.3, 0.4) is 0 Å². The first-order chi connectivity index (χ1) is 12.6. The van der Waals surface area contributed by atoms with Crippen LogP contribution in [0.15, 0.2) is 36.7 Å². The molecule has 1 aromatic carbocycles. The Kier molecular flexibility index (Phi) is 6.25. The van der Waals surface area contributed by atoms with Gasteiger partial charge in [-0.3, -0.25) is 9.69 Å². The van der Waals surface area contributed by atoms with Crippen molar-refractivity contribution in [2.75, 3.05) is 32.1 Å². The molecule has 2 aromatic rings. The standard InChI is InChI=1S/C18H21ClN4O3/c1-25-16-4-3-13(11-15(16)19)22-17(24)12-23-9-5-14(6-10-23)26-18-20-7-2-8-21-18/h2-4,7-8,11,14H,5-6,9-10,12H2,1H3,(H,22,24). The van der Waals surface area contributed by atoms with Crippen molar-refractivity contribution in [1.29, 1.82) is 0 Å². The Labute approximate surface area is 157 Å². The van der Waals surface area contributed by atoms with Crippen LogP contribution in [-0.2, 0) is 4.79 Å². The fraction of sp³-hybridized carbons (Fsp3) is 0.389. The van der Waals surface area contributed by atoms with E-state index in [1.807, 2.05) is 0 Å². The molecule has 0 spiro atoms. The van der Waals surface area contributed by atoms with Gasteiger partial charge in [0.05, 0.1) is 18.7 Å². The molecule has 2 heterocycles. The van der Waals surface area contributed by atoms with Gasteiger partial charge in [0, 0.05) is 31.2 Å². The van der Waals surface area contributed by atoms with Gasteiger partial charge in [-0.2, -0.15) is 0 Å². The molecule has 8 heteroatoms. The average Bonchev–Trinajstić information content (AvgIpc) is 2.64. The van der Waals surface area contributed by atoms with Gasteiger partial charge in [0.15, 0.2) is 0 Å². The third-order valence-corrected chi connectivity index (χ3v) is 4.45. The molecule has 0 saturated carbocycles. The largest absolute Gasteiger partial charge is 0.495 e. The van der Waals surface area contributed by atoms with Gasteiger partial charge < -0.3 is 14.8 Å². The quantitative estimate of drug-likeness (QED) is 0.835. The molecule has 0 bridgehead atoms. The number of ether oxygens (including phenoxy) is 2. The summed E-state index contributed by atoms with van der Waals surface area (Å²) >= 11 is 6.08. The van der Waals surface area contributed by atoms with Crippen LogP contribution in [0.2, 0.25) is 5.02 Å². The minimum atomic E-state index is -0.0722. The molecule has 1 N–H and O–H groups in total. The second-order valence-electron chi connectivity index (χ2n) is 6.02. The highest BCUT2D eigenvalue weighted by atomic mass is 35.5. The maximum Gasteiger partial charge on any atom is 0.316 e. The van der Waals surface area contributed by atoms with E-state index in [9.17, 15) is 4.79 Å². The number of anilines is 1. The summed E-state index contributed by atoms with van der Waals surface area (Å²) in [6, 6.07) is 7.33. The van der Waals surface area contributed by atoms with E-state index in [0.717, 1.165) is 25.9 Å². The van der Waals surface area contributed by atoms with E-state index in [1.165, 1.54) is 0 Å². The van der Waals surface area contributed by atoms with E-state index in [0.29, 0.717) is 29.0 Å². The lowest BCUT2D eigenvalue weighted by Crippen LogP contribution is -2.42. The minimum absolute atomic E-state index is 0.0722. The Morgan fingerprint density at radius 2 is 2.04 bits per heavy atom. The van der Waals surface area contributed by atoms with Crippen molar-refractivity contribution >= 4 is 23.2 Å². The molecule has 138 valence electrons. The lowest BCUT2D eigenvalue weighted by molar-refractivity contribution is -0.117. The molecule has 0 aliphatic carbocycles. The molecule has 3 rings (SSSR count). The summed E-state index contributed by atoms with van der Waals surface area (Å²) in [5.74, 6) is 0.506. The van der Waals surface area contributed by atoms with E-state index in [4.69, 9.17) is 21.1 Å². The second kappa shape index (κ2) is 8.82. The predicted octanol–water partition coefficient (Wildman–Crippen LogP) is 2.62. The van der Waals surface area contributed by atoms with Crippen LogP contribution in [-0.4, -0.2) is 53.6 Å². The van der Waals surface area contributed by atoms with Gasteiger partial charge in [-0.15, -0.1) is 0 Å². The molecule has 1 amide bonds. The summed E-state index contributed by atoms with van der Waals surface area (Å²) in [5.41, 5.74) is 0.653. The Bertz CT molecular complexity index is 736. The number of carbonyl (C=O) groups excluding carboxylic acids is 1. The van der Waals surface area contributed by atoms with Gasteiger partial charge in [-0.25, -0.2) is 9.97 Å². The van der Waals surface area contributed by atoms with Crippen LogP contribution >= 0.6 is 11.6 Å². The molecule has 26 heavy (non-hydrogen) atoms. The van der Waals surface area contributed by atoms with E-state index in [2.05, 4.69) is 20.2 Å². The maximum atomic E-state index is 12.2. The van der Waals surface area contributed by atoms with Gasteiger partial charge in [0.1, 0.15) is 11.9 Å². The van der Waals surface area contributed by atoms with Crippen molar-refractivity contribution in [3.8, 4) is 11.8 Å². The SMILES string of the molecule is COc1ccc(NC(=O)CN2CCC(Oc3ncccn3)CC2)cc1Cl. The molecule has 1 aromatic heterocycles. The molecule has 1 aliphatic rings. The number of carbonyl (C=O) groups is 1. The first kappa shape index (κ1) is 18.4. The highest BCUT2D eigenvalue weighted by Gasteiger charge is 2.22. The number of hydrogen-bond acceptors (Lipinski definition) is 6. The lowest BCUT2D eigenvalue weighted by Gasteiger charge is -2.31. The third-order valence-electron chi connectivity index (χ3n) is 4.15. The van der Waals surface area contributed by atoms with Crippen molar-refractivity contribution in [3.63, 3.8) is 0 Å². The number of benzene rings is 1. The van der Waals surface area contributed by atoms with Crippen LogP contribution < -0.4 is 14.8 Å². The van der Waals surface area contributed by atoms with Crippen molar-refractivity contribution in [3.05, 3.63) is 41.7 Å². The first-order valence-corrected chi connectivity index (χ1v) is 8.81. The minimum Gasteiger partial charge on any atom is -0.495 e. The van der Waals surface area contributed by atoms with E-state index < -0.39 is 0 Å². The molecule has 1 fully saturated rings. The first-order valence-electron chi connectivity index (χ1n) is 8.43. The average molecular weight is 377 g/mol. The predicted molar refractivity (Wildman–Crippen MR) is 98.8 cm³/mol. The topological polar surface area (TPSA) is 76.6 Å². The highest BCUT2D eigenvalue weighted by Crippen LogP contribution is 2.27. The van der Waals surface area contributed by atoms with E-state index in [-0.39, 0.29) is 12.0 Å². The summed E-state index contributed by atoms with van der Waals surface area (Å²) in [6.07, 6.45) is 5.07. The number of halogens is 1. The van der Waals surface area contributed by atoms with Crippen LogP contribution in [0.4, 0.5) is 5.69 Å². The summed E-state index contributed by atoms with van der Waals surface area (Å²) in [5, 5.41) is 3.32. The van der Waals surface area contributed by atoms with Gasteiger partial charge in [-0.05, 0) is 37.1 Å². The lowest BCUT2D eigenvalue weighted by atomic mass is 10.1. The van der Waals surface area contributed by atoms with Crippen molar-refractivity contribution in [1.82, 2.24) is 14.9 Å². The number of likely N-dealkylation sites (tertiary alicyclic amines) is 1. The van der Waals surface area contributed by atoms with Crippen LogP contribution in [0.1, 0.15) is 12.8 Å². The van der Waals surface area contributed by atoms with Gasteiger partial charge >= 0.3 is 6.01 Å². The Balaban J connectivity index is 1.44. The summed E-state index contributed by atoms with van der Waals surface area (Å²) in [4.78, 5) is 22.5. The normalized spacial score (nSPS) is 15.5. The number of aromatic nitrogens is 2. The van der Waals surface area contributed by atoms with Crippen LogP contribution in [0, 0.1) is 0 Å². The molecule has 1 aliphatic heterocycles. The summed E-state index contributed by atoms with van der Waals surface area (Å²) in [7, 11) is 1.55. The second-order valence-corrected chi connectivity index (χ2v) is 6.43. The van der Waals surface area contributed by atoms with Crippen molar-refractivity contribution in [2.24, 2.45) is 0 Å². The van der Waals surface area contributed by atoms with Crippen LogP contribution in [0.5, 0.6) is 11.8 Å². The Morgan fingerprint density at radius 1 is 1.31 bits per heavy atom. The molecule has 0 atom stereocenters. The van der Waals surface area contributed by atoms with Crippen molar-refractivity contribution < 1.29 is 14.3 Å². The fourth-order valence-corrected chi connectivity index (χ4v) is 3.09. The monoisotopic (exact) mass is 376 g/mol. The number of hydrogen-bond donors (Lipinski definition) is 1. The molecule has 7 nitrogen and oxygen atoms in total. The van der Waals surface area contributed by atoms with Gasteiger partial charge in [0.2, 0.25) is 5.91 Å². The zero-order valence-corrected chi connectivity index (χ0v) is 15.3. The maximum absolute atomic E-state index is 12.2. The zero-order chi connectivity index (χ0) is 18.4. The molecular weight excluding hydrogens is 356 g/mol. The third kappa shape index (κ3) is 5.06. The summed E-state index contributed by atoms with van der Waals surface area (Å²) in [6.45, 7) is 1.90. The van der Waals surface area contributed by atoms with Gasteiger partial charge in [-0.1, -0.05) is 11.6 Å². The molecule has 0 radical (unpaired) electrons. The van der Waals surface area contributed by atoms with E-state index in [1.54, 1.807) is 43.8 Å². The molecule has 0 unspecified atom stereocenters. The Hall–Kier alpha value is -2.38. The molecule has 1 saturated heterocycles. The van der Waals surface area contributed by atoms with Gasteiger partial charge in [0.25, 0.3) is 0 Å². The fourth-order valence-electron chi connectivity index (χ4n) is 2.83.